The Balaban J connectivity index is 1.68. The lowest BCUT2D eigenvalue weighted by Crippen LogP contribution is -2.54. The molecule has 26 heavy (non-hydrogen) atoms. The summed E-state index contributed by atoms with van der Waals surface area (Å²) in [6, 6.07) is -0.311. The highest BCUT2D eigenvalue weighted by atomic mass is 16.5. The Labute approximate surface area is 155 Å². The van der Waals surface area contributed by atoms with Gasteiger partial charge in [-0.25, -0.2) is 0 Å². The van der Waals surface area contributed by atoms with Crippen molar-refractivity contribution in [3.63, 3.8) is 0 Å². The number of hydrogen-bond donors (Lipinski definition) is 1. The minimum Gasteiger partial charge on any atom is -0.462 e. The van der Waals surface area contributed by atoms with E-state index >= 15 is 0 Å². The highest BCUT2D eigenvalue weighted by Gasteiger charge is 2.61. The van der Waals surface area contributed by atoms with Gasteiger partial charge in [-0.05, 0) is 67.1 Å². The molecule has 144 valence electrons. The maximum Gasteiger partial charge on any atom is 0.302 e. The number of ether oxygens (including phenoxy) is 1. The molecule has 5 heteroatoms. The van der Waals surface area contributed by atoms with Crippen molar-refractivity contribution >= 4 is 5.97 Å². The zero-order valence-electron chi connectivity index (χ0n) is 16.1. The summed E-state index contributed by atoms with van der Waals surface area (Å²) in [5.74, 6) is 0.820. The minimum atomic E-state index is -0.311. The van der Waals surface area contributed by atoms with Crippen molar-refractivity contribution in [1.82, 2.24) is 0 Å². The first-order valence-corrected chi connectivity index (χ1v) is 10.2. The third-order valence-corrected chi connectivity index (χ3v) is 8.49. The van der Waals surface area contributed by atoms with E-state index < -0.39 is 0 Å². The second-order valence-corrected chi connectivity index (χ2v) is 9.61. The van der Waals surface area contributed by atoms with Gasteiger partial charge in [-0.1, -0.05) is 30.7 Å². The van der Waals surface area contributed by atoms with Gasteiger partial charge in [0.05, 0.1) is 6.10 Å². The van der Waals surface area contributed by atoms with Gasteiger partial charge in [-0.3, -0.25) is 4.79 Å². The zero-order valence-corrected chi connectivity index (χ0v) is 16.1. The predicted octanol–water partition coefficient (Wildman–Crippen LogP) is 3.99. The third kappa shape index (κ3) is 2.49. The van der Waals surface area contributed by atoms with E-state index in [9.17, 15) is 14.8 Å². The van der Waals surface area contributed by atoms with E-state index in [1.165, 1.54) is 12.5 Å². The van der Waals surface area contributed by atoms with Crippen LogP contribution in [0.15, 0.2) is 16.8 Å². The summed E-state index contributed by atoms with van der Waals surface area (Å²) in [6.45, 7) is 6.02. The number of nitrogens with zero attached hydrogens (tertiary/aromatic N) is 1. The van der Waals surface area contributed by atoms with E-state index in [2.05, 4.69) is 25.1 Å². The van der Waals surface area contributed by atoms with Crippen LogP contribution in [0.1, 0.15) is 65.7 Å². The van der Waals surface area contributed by atoms with Crippen LogP contribution in [0.2, 0.25) is 0 Å². The van der Waals surface area contributed by atoms with Gasteiger partial charge in [0.1, 0.15) is 12.1 Å². The Kier molecular flexibility index (Phi) is 4.29. The number of aliphatic hydroxyl groups is 1. The van der Waals surface area contributed by atoms with Crippen LogP contribution in [0, 0.1) is 33.5 Å². The maximum atomic E-state index is 11.8. The number of esters is 1. The summed E-state index contributed by atoms with van der Waals surface area (Å²) in [7, 11) is 0. The molecule has 0 aromatic heterocycles. The molecule has 0 aromatic carbocycles. The molecule has 0 spiro atoms. The van der Waals surface area contributed by atoms with Crippen LogP contribution < -0.4 is 0 Å². The molecule has 3 saturated carbocycles. The molecular weight excluding hydrogens is 330 g/mol. The zero-order chi connectivity index (χ0) is 18.7. The number of rotatable bonds is 2. The topological polar surface area (TPSA) is 76.0 Å². The van der Waals surface area contributed by atoms with Crippen LogP contribution in [0.5, 0.6) is 0 Å². The Morgan fingerprint density at radius 3 is 2.65 bits per heavy atom. The van der Waals surface area contributed by atoms with Crippen molar-refractivity contribution in [3.8, 4) is 0 Å². The van der Waals surface area contributed by atoms with Gasteiger partial charge in [0, 0.05) is 13.3 Å². The van der Waals surface area contributed by atoms with Crippen LogP contribution in [0.4, 0.5) is 0 Å². The highest BCUT2D eigenvalue weighted by Crippen LogP contribution is 2.65. The molecule has 4 aliphatic carbocycles. The number of fused-ring (bicyclic) bond motifs is 5. The molecule has 0 amide bonds. The number of nitroso groups, excluding NO2 is 1. The van der Waals surface area contributed by atoms with Crippen molar-refractivity contribution in [1.29, 1.82) is 0 Å². The van der Waals surface area contributed by atoms with Gasteiger partial charge in [-0.2, -0.15) is 4.91 Å². The summed E-state index contributed by atoms with van der Waals surface area (Å²) in [4.78, 5) is 23.1. The molecule has 3 fully saturated rings. The Morgan fingerprint density at radius 1 is 1.19 bits per heavy atom. The third-order valence-electron chi connectivity index (χ3n) is 8.49. The molecule has 0 radical (unpaired) electrons. The average molecular weight is 361 g/mol. The molecule has 0 saturated heterocycles. The second kappa shape index (κ2) is 6.15. The van der Waals surface area contributed by atoms with E-state index in [-0.39, 0.29) is 41.0 Å². The smallest absolute Gasteiger partial charge is 0.302 e. The molecule has 0 bridgehead atoms. The van der Waals surface area contributed by atoms with Crippen LogP contribution in [-0.4, -0.2) is 29.3 Å². The largest absolute Gasteiger partial charge is 0.462 e. The summed E-state index contributed by atoms with van der Waals surface area (Å²) in [5, 5.41) is 14.1. The van der Waals surface area contributed by atoms with Crippen molar-refractivity contribution in [2.75, 3.05) is 0 Å². The van der Waals surface area contributed by atoms with Crippen molar-refractivity contribution in [2.45, 2.75) is 84.0 Å². The van der Waals surface area contributed by atoms with Gasteiger partial charge < -0.3 is 9.84 Å². The fourth-order valence-corrected chi connectivity index (χ4v) is 7.02. The molecule has 4 rings (SSSR count). The number of carbonyl (C=O) groups excluding carboxylic acids is 1. The van der Waals surface area contributed by atoms with E-state index in [1.807, 2.05) is 0 Å². The van der Waals surface area contributed by atoms with Gasteiger partial charge in [0.25, 0.3) is 0 Å². The molecule has 3 unspecified atom stereocenters. The average Bonchev–Trinajstić information content (AvgIpc) is 2.89. The lowest BCUT2D eigenvalue weighted by molar-refractivity contribution is -0.148. The van der Waals surface area contributed by atoms with Crippen LogP contribution in [0.3, 0.4) is 0 Å². The quantitative estimate of drug-likeness (QED) is 0.458. The molecule has 4 aliphatic rings. The predicted molar refractivity (Wildman–Crippen MR) is 98.2 cm³/mol. The van der Waals surface area contributed by atoms with Crippen LogP contribution >= 0.6 is 0 Å². The SMILES string of the molecule is CC(=O)OC1CC[C@@]2(C)C(=CC(N=O)[C@@H]3[C@H]2CC[C@]2(C)C(O)CC[C@@H]32)C1. The van der Waals surface area contributed by atoms with Crippen LogP contribution in [-0.2, 0) is 9.53 Å². The van der Waals surface area contributed by atoms with Crippen molar-refractivity contribution < 1.29 is 14.6 Å². The Hall–Kier alpha value is -1.23. The molecule has 0 aromatic rings. The van der Waals surface area contributed by atoms with Gasteiger partial charge in [0.2, 0.25) is 0 Å². The Bertz CT molecular complexity index is 646. The maximum absolute atomic E-state index is 11.8. The molecule has 0 aliphatic heterocycles. The van der Waals surface area contributed by atoms with E-state index in [4.69, 9.17) is 4.74 Å². The lowest BCUT2D eigenvalue weighted by atomic mass is 9.47. The van der Waals surface area contributed by atoms with E-state index in [0.717, 1.165) is 44.9 Å². The first-order valence-electron chi connectivity index (χ1n) is 10.2. The van der Waals surface area contributed by atoms with Gasteiger partial charge >= 0.3 is 5.97 Å². The molecule has 1 N–H and O–H groups in total. The second-order valence-electron chi connectivity index (χ2n) is 9.61. The summed E-state index contributed by atoms with van der Waals surface area (Å²) < 4.78 is 5.47. The van der Waals surface area contributed by atoms with E-state index in [0.29, 0.717) is 11.8 Å². The van der Waals surface area contributed by atoms with Gasteiger partial charge in [0.15, 0.2) is 0 Å². The fraction of sp³-hybridized carbons (Fsp3) is 0.857. The highest BCUT2D eigenvalue weighted by molar-refractivity contribution is 5.66. The normalized spacial score (nSPS) is 50.1. The molecular formula is C21H31NO4. The van der Waals surface area contributed by atoms with Crippen LogP contribution in [0.25, 0.3) is 0 Å². The summed E-state index contributed by atoms with van der Waals surface area (Å²) in [6.07, 6.45) is 8.31. The fourth-order valence-electron chi connectivity index (χ4n) is 7.02. The number of aliphatic hydroxyl groups excluding tert-OH is 1. The molecule has 5 nitrogen and oxygen atoms in total. The monoisotopic (exact) mass is 361 g/mol. The standard InChI is InChI=1S/C21H31NO4/c1-12(23)26-14-6-8-20(2)13(10-14)11-17(22-25)19-15-4-5-18(24)21(15,3)9-7-16(19)20/h11,14-19,24H,4-10H2,1-3H3/t14?,15-,16+,17?,18?,19-,20-,21-/m0/s1. The van der Waals surface area contributed by atoms with Crippen molar-refractivity contribution in [2.24, 2.45) is 33.8 Å². The first-order chi connectivity index (χ1) is 12.3. The number of hydrogen-bond acceptors (Lipinski definition) is 5. The summed E-state index contributed by atoms with van der Waals surface area (Å²) >= 11 is 0. The minimum absolute atomic E-state index is 0.0668. The molecule has 8 atom stereocenters. The van der Waals surface area contributed by atoms with E-state index in [1.54, 1.807) is 0 Å². The van der Waals surface area contributed by atoms with Gasteiger partial charge in [-0.15, -0.1) is 0 Å². The molecule has 0 heterocycles. The summed E-state index contributed by atoms with van der Waals surface area (Å²) in [5.41, 5.74) is 1.26. The lowest BCUT2D eigenvalue weighted by Gasteiger charge is -2.58. The Morgan fingerprint density at radius 2 is 1.96 bits per heavy atom. The first kappa shape index (κ1) is 18.1. The number of carbonyl (C=O) groups is 1. The van der Waals surface area contributed by atoms with Crippen molar-refractivity contribution in [3.05, 3.63) is 16.6 Å².